The Morgan fingerprint density at radius 1 is 1.32 bits per heavy atom. The molecule has 0 aliphatic heterocycles. The second-order valence-corrected chi connectivity index (χ2v) is 4.23. The average molecular weight is 262 g/mol. The number of amides is 1. The van der Waals surface area contributed by atoms with E-state index >= 15 is 0 Å². The molecule has 1 aromatic carbocycles. The number of hydrogen-bond acceptors (Lipinski definition) is 3. The summed E-state index contributed by atoms with van der Waals surface area (Å²) in [4.78, 5) is 22.3. The fourth-order valence-electron chi connectivity index (χ4n) is 1.91. The van der Waals surface area contributed by atoms with Crippen molar-refractivity contribution in [1.82, 2.24) is 9.88 Å². The molecule has 0 bridgehead atoms. The Morgan fingerprint density at radius 2 is 2.05 bits per heavy atom. The van der Waals surface area contributed by atoms with Crippen LogP contribution in [0.2, 0.25) is 0 Å². The Kier molecular flexibility index (Phi) is 3.41. The number of aromatic hydroxyl groups is 1. The molecule has 0 atom stereocenters. The molecule has 6 nitrogen and oxygen atoms in total. The molecule has 2 rings (SSSR count). The van der Waals surface area contributed by atoms with Gasteiger partial charge in [-0.3, -0.25) is 9.59 Å². The molecule has 2 aromatic rings. The number of benzene rings is 1. The summed E-state index contributed by atoms with van der Waals surface area (Å²) in [5.41, 5.74) is 1.16. The van der Waals surface area contributed by atoms with Crippen molar-refractivity contribution in [2.45, 2.75) is 6.42 Å². The number of carboxylic acid groups (broad SMARTS) is 1. The van der Waals surface area contributed by atoms with Crippen molar-refractivity contribution >= 4 is 22.8 Å². The Bertz CT molecular complexity index is 645. The van der Waals surface area contributed by atoms with Crippen molar-refractivity contribution in [3.8, 4) is 5.75 Å². The highest BCUT2D eigenvalue weighted by Crippen LogP contribution is 2.22. The molecule has 100 valence electrons. The lowest BCUT2D eigenvalue weighted by Gasteiger charge is -2.05. The Balaban J connectivity index is 2.22. The van der Waals surface area contributed by atoms with E-state index in [4.69, 9.17) is 5.11 Å². The molecule has 6 heteroatoms. The smallest absolute Gasteiger partial charge is 0.305 e. The minimum absolute atomic E-state index is 0.0843. The number of fused-ring (bicyclic) bond motifs is 1. The summed E-state index contributed by atoms with van der Waals surface area (Å²) in [7, 11) is 1.72. The topological polar surface area (TPSA) is 91.6 Å². The molecule has 0 radical (unpaired) electrons. The first-order chi connectivity index (χ1) is 8.99. The number of phenols is 1. The van der Waals surface area contributed by atoms with Crippen LogP contribution in [0, 0.1) is 0 Å². The molecule has 0 spiro atoms. The maximum absolute atomic E-state index is 11.9. The zero-order valence-corrected chi connectivity index (χ0v) is 10.4. The molecule has 0 saturated carbocycles. The van der Waals surface area contributed by atoms with Gasteiger partial charge in [-0.25, -0.2) is 0 Å². The lowest BCUT2D eigenvalue weighted by molar-refractivity contribution is -0.136. The van der Waals surface area contributed by atoms with Crippen molar-refractivity contribution in [2.75, 3.05) is 6.54 Å². The minimum atomic E-state index is -0.956. The average Bonchev–Trinajstić information content (AvgIpc) is 2.66. The van der Waals surface area contributed by atoms with Crippen LogP contribution in [0.15, 0.2) is 24.3 Å². The zero-order valence-electron chi connectivity index (χ0n) is 10.4. The summed E-state index contributed by atoms with van der Waals surface area (Å²) in [6.45, 7) is 0.0843. The number of aryl methyl sites for hydroxylation is 1. The number of nitrogens with one attached hydrogen (secondary N) is 1. The largest absolute Gasteiger partial charge is 0.508 e. The van der Waals surface area contributed by atoms with Crippen molar-refractivity contribution < 1.29 is 19.8 Å². The number of aliphatic carboxylic acids is 1. The summed E-state index contributed by atoms with van der Waals surface area (Å²) in [6.07, 6.45) is -0.115. The van der Waals surface area contributed by atoms with E-state index < -0.39 is 5.97 Å². The van der Waals surface area contributed by atoms with Crippen LogP contribution in [-0.2, 0) is 11.8 Å². The van der Waals surface area contributed by atoms with Crippen molar-refractivity contribution in [2.24, 2.45) is 7.05 Å². The minimum Gasteiger partial charge on any atom is -0.508 e. The van der Waals surface area contributed by atoms with Gasteiger partial charge in [0.2, 0.25) is 0 Å². The molecule has 0 unspecified atom stereocenters. The zero-order chi connectivity index (χ0) is 14.0. The van der Waals surface area contributed by atoms with Crippen molar-refractivity contribution in [1.29, 1.82) is 0 Å². The fourth-order valence-corrected chi connectivity index (χ4v) is 1.91. The van der Waals surface area contributed by atoms with Crippen LogP contribution in [0.4, 0.5) is 0 Å². The van der Waals surface area contributed by atoms with E-state index in [0.717, 1.165) is 10.9 Å². The Hall–Kier alpha value is -2.50. The van der Waals surface area contributed by atoms with Crippen LogP contribution in [0.1, 0.15) is 16.9 Å². The number of rotatable bonds is 4. The van der Waals surface area contributed by atoms with Gasteiger partial charge in [0.25, 0.3) is 5.91 Å². The molecule has 3 N–H and O–H groups in total. The molecule has 1 heterocycles. The standard InChI is InChI=1S/C13H14N2O4/c1-15-10-7-9(16)3-2-8(10)6-11(15)13(19)14-5-4-12(17)18/h2-3,6-7,16H,4-5H2,1H3,(H,14,19)(H,17,18). The quantitative estimate of drug-likeness (QED) is 0.769. The van der Waals surface area contributed by atoms with Gasteiger partial charge < -0.3 is 20.1 Å². The van der Waals surface area contributed by atoms with Gasteiger partial charge in [-0.1, -0.05) is 0 Å². The van der Waals surface area contributed by atoms with Crippen molar-refractivity contribution in [3.63, 3.8) is 0 Å². The highest BCUT2D eigenvalue weighted by Gasteiger charge is 2.13. The van der Waals surface area contributed by atoms with E-state index in [2.05, 4.69) is 5.32 Å². The number of aromatic nitrogens is 1. The number of carbonyl (C=O) groups is 2. The van der Waals surface area contributed by atoms with Gasteiger partial charge in [0, 0.05) is 25.0 Å². The third-order valence-corrected chi connectivity index (χ3v) is 2.89. The number of carbonyl (C=O) groups excluding carboxylic acids is 1. The molecule has 0 saturated heterocycles. The van der Waals surface area contributed by atoms with E-state index in [9.17, 15) is 14.7 Å². The molecule has 1 aromatic heterocycles. The van der Waals surface area contributed by atoms with E-state index in [1.54, 1.807) is 35.9 Å². The fraction of sp³-hybridized carbons (Fsp3) is 0.231. The lowest BCUT2D eigenvalue weighted by atomic mass is 10.2. The number of hydrogen-bond donors (Lipinski definition) is 3. The Labute approximate surface area is 109 Å². The maximum atomic E-state index is 11.9. The predicted molar refractivity (Wildman–Crippen MR) is 69.2 cm³/mol. The second-order valence-electron chi connectivity index (χ2n) is 4.23. The summed E-state index contributed by atoms with van der Waals surface area (Å²) >= 11 is 0. The lowest BCUT2D eigenvalue weighted by Crippen LogP contribution is -2.27. The van der Waals surface area contributed by atoms with Gasteiger partial charge in [-0.2, -0.15) is 0 Å². The van der Waals surface area contributed by atoms with Crippen LogP contribution in [0.25, 0.3) is 10.9 Å². The SMILES string of the molecule is Cn1c(C(=O)NCCC(=O)O)cc2ccc(O)cc21. The summed E-state index contributed by atoms with van der Waals surface area (Å²) in [5.74, 6) is -1.16. The summed E-state index contributed by atoms with van der Waals surface area (Å²) in [5, 5.41) is 21.3. The van der Waals surface area contributed by atoms with Crippen LogP contribution in [-0.4, -0.2) is 33.2 Å². The van der Waals surface area contributed by atoms with E-state index in [-0.39, 0.29) is 24.6 Å². The second kappa shape index (κ2) is 5.01. The first-order valence-corrected chi connectivity index (χ1v) is 5.77. The van der Waals surface area contributed by atoms with Crippen LogP contribution in [0.5, 0.6) is 5.75 Å². The number of nitrogens with zero attached hydrogens (tertiary/aromatic N) is 1. The maximum Gasteiger partial charge on any atom is 0.305 e. The molecule has 0 aliphatic rings. The monoisotopic (exact) mass is 262 g/mol. The summed E-state index contributed by atoms with van der Waals surface area (Å²) in [6, 6.07) is 6.54. The van der Waals surface area contributed by atoms with Gasteiger partial charge in [0.1, 0.15) is 11.4 Å². The van der Waals surface area contributed by atoms with Gasteiger partial charge in [-0.15, -0.1) is 0 Å². The third-order valence-electron chi connectivity index (χ3n) is 2.89. The van der Waals surface area contributed by atoms with Gasteiger partial charge >= 0.3 is 5.97 Å². The van der Waals surface area contributed by atoms with E-state index in [1.807, 2.05) is 0 Å². The van der Waals surface area contributed by atoms with Gasteiger partial charge in [-0.05, 0) is 18.2 Å². The van der Waals surface area contributed by atoms with Crippen LogP contribution < -0.4 is 5.32 Å². The normalized spacial score (nSPS) is 10.6. The number of carboxylic acids is 1. The van der Waals surface area contributed by atoms with Gasteiger partial charge in [0.05, 0.1) is 11.9 Å². The van der Waals surface area contributed by atoms with E-state index in [1.165, 1.54) is 0 Å². The molecule has 1 amide bonds. The van der Waals surface area contributed by atoms with E-state index in [0.29, 0.717) is 5.69 Å². The first-order valence-electron chi connectivity index (χ1n) is 5.77. The van der Waals surface area contributed by atoms with Crippen LogP contribution in [0.3, 0.4) is 0 Å². The highest BCUT2D eigenvalue weighted by atomic mass is 16.4. The molecular formula is C13H14N2O4. The first kappa shape index (κ1) is 12.9. The van der Waals surface area contributed by atoms with Crippen LogP contribution >= 0.6 is 0 Å². The number of phenolic OH excluding ortho intramolecular Hbond substituents is 1. The predicted octanol–water partition coefficient (Wildman–Crippen LogP) is 1.09. The molecule has 0 fully saturated rings. The molecule has 0 aliphatic carbocycles. The third kappa shape index (κ3) is 2.67. The van der Waals surface area contributed by atoms with Gasteiger partial charge in [0.15, 0.2) is 0 Å². The highest BCUT2D eigenvalue weighted by molar-refractivity contribution is 5.99. The summed E-state index contributed by atoms with van der Waals surface area (Å²) < 4.78 is 1.66. The molecular weight excluding hydrogens is 248 g/mol. The Morgan fingerprint density at radius 3 is 2.74 bits per heavy atom. The van der Waals surface area contributed by atoms with Crippen molar-refractivity contribution in [3.05, 3.63) is 30.0 Å². The molecule has 19 heavy (non-hydrogen) atoms.